The van der Waals surface area contributed by atoms with Gasteiger partial charge in [-0.3, -0.25) is 0 Å². The molecule has 0 aromatic carbocycles. The Hall–Kier alpha value is -0.0400. The molecular formula is C18H39N. The highest BCUT2D eigenvalue weighted by molar-refractivity contribution is 4.68. The van der Waals surface area contributed by atoms with Gasteiger partial charge in [-0.05, 0) is 24.8 Å². The van der Waals surface area contributed by atoms with Crippen molar-refractivity contribution in [3.8, 4) is 0 Å². The van der Waals surface area contributed by atoms with Gasteiger partial charge in [-0.1, -0.05) is 85.5 Å². The molecule has 0 aliphatic carbocycles. The maximum absolute atomic E-state index is 3.60. The zero-order valence-corrected chi connectivity index (χ0v) is 14.2. The summed E-state index contributed by atoms with van der Waals surface area (Å²) in [6.07, 6.45) is 15.5. The highest BCUT2D eigenvalue weighted by Crippen LogP contribution is 2.17. The lowest BCUT2D eigenvalue weighted by molar-refractivity contribution is 0.327. The molecule has 0 unspecified atom stereocenters. The Morgan fingerprint density at radius 2 is 1.16 bits per heavy atom. The minimum Gasteiger partial charge on any atom is -0.316 e. The maximum atomic E-state index is 3.60. The lowest BCUT2D eigenvalue weighted by Gasteiger charge is -2.22. The van der Waals surface area contributed by atoms with Gasteiger partial charge in [0.25, 0.3) is 0 Å². The van der Waals surface area contributed by atoms with Crippen molar-refractivity contribution in [1.82, 2.24) is 5.32 Å². The minimum atomic E-state index is 0.471. The van der Waals surface area contributed by atoms with Crippen LogP contribution in [0.25, 0.3) is 0 Å². The third kappa shape index (κ3) is 14.2. The molecule has 0 aromatic rings. The molecule has 0 aliphatic rings. The Morgan fingerprint density at radius 3 is 1.63 bits per heavy atom. The van der Waals surface area contributed by atoms with Crippen molar-refractivity contribution in [2.45, 2.75) is 98.3 Å². The third-order valence-corrected chi connectivity index (χ3v) is 4.27. The predicted molar refractivity (Wildman–Crippen MR) is 88.8 cm³/mol. The topological polar surface area (TPSA) is 12.0 Å². The number of unbranched alkanes of at least 4 members (excludes halogenated alkanes) is 9. The molecule has 116 valence electrons. The Morgan fingerprint density at radius 1 is 0.684 bits per heavy atom. The standard InChI is InChI=1S/C18H39N/c1-5-7-8-9-10-11-12-13-14-15-16-19-17-18(3,4)6-2/h19H,5-17H2,1-4H3. The van der Waals surface area contributed by atoms with Gasteiger partial charge in [0, 0.05) is 6.54 Å². The quantitative estimate of drug-likeness (QED) is 0.385. The van der Waals surface area contributed by atoms with E-state index in [0.717, 1.165) is 0 Å². The van der Waals surface area contributed by atoms with Crippen molar-refractivity contribution < 1.29 is 0 Å². The van der Waals surface area contributed by atoms with E-state index in [0.29, 0.717) is 5.41 Å². The van der Waals surface area contributed by atoms with Crippen LogP contribution in [0.15, 0.2) is 0 Å². The lowest BCUT2D eigenvalue weighted by atomic mass is 9.90. The molecule has 0 bridgehead atoms. The molecule has 0 saturated heterocycles. The summed E-state index contributed by atoms with van der Waals surface area (Å²) < 4.78 is 0. The molecule has 0 heterocycles. The second-order valence-corrected chi connectivity index (χ2v) is 6.88. The first-order valence-corrected chi connectivity index (χ1v) is 8.83. The lowest BCUT2D eigenvalue weighted by Crippen LogP contribution is -2.29. The van der Waals surface area contributed by atoms with Crippen molar-refractivity contribution in [2.75, 3.05) is 13.1 Å². The summed E-state index contributed by atoms with van der Waals surface area (Å²) in [5.41, 5.74) is 0.471. The van der Waals surface area contributed by atoms with Gasteiger partial charge < -0.3 is 5.32 Å². The van der Waals surface area contributed by atoms with Crippen LogP contribution in [-0.4, -0.2) is 13.1 Å². The van der Waals surface area contributed by atoms with Crippen LogP contribution in [-0.2, 0) is 0 Å². The monoisotopic (exact) mass is 269 g/mol. The van der Waals surface area contributed by atoms with Crippen LogP contribution in [0.4, 0.5) is 0 Å². The first kappa shape index (κ1) is 19.0. The largest absolute Gasteiger partial charge is 0.316 e. The van der Waals surface area contributed by atoms with E-state index < -0.39 is 0 Å². The number of hydrogen-bond donors (Lipinski definition) is 1. The van der Waals surface area contributed by atoms with Gasteiger partial charge >= 0.3 is 0 Å². The molecule has 0 amide bonds. The zero-order chi connectivity index (χ0) is 14.4. The normalized spacial score (nSPS) is 12.0. The summed E-state index contributed by atoms with van der Waals surface area (Å²) in [6, 6.07) is 0. The van der Waals surface area contributed by atoms with Gasteiger partial charge in [0.2, 0.25) is 0 Å². The Kier molecular flexibility index (Phi) is 12.9. The molecule has 0 saturated carbocycles. The van der Waals surface area contributed by atoms with Crippen LogP contribution in [0.1, 0.15) is 98.3 Å². The molecule has 1 heteroatoms. The Labute approximate surface area is 122 Å². The Bertz CT molecular complexity index is 175. The van der Waals surface area contributed by atoms with Gasteiger partial charge in [-0.2, -0.15) is 0 Å². The molecule has 1 nitrogen and oxygen atoms in total. The second kappa shape index (κ2) is 13.0. The Balaban J connectivity index is 3.07. The fourth-order valence-corrected chi connectivity index (χ4v) is 2.29. The molecular weight excluding hydrogens is 230 g/mol. The fraction of sp³-hybridized carbons (Fsp3) is 1.00. The van der Waals surface area contributed by atoms with Gasteiger partial charge in [0.15, 0.2) is 0 Å². The molecule has 0 atom stereocenters. The van der Waals surface area contributed by atoms with Gasteiger partial charge in [0.1, 0.15) is 0 Å². The summed E-state index contributed by atoms with van der Waals surface area (Å²) in [7, 11) is 0. The van der Waals surface area contributed by atoms with Crippen LogP contribution in [0, 0.1) is 5.41 Å². The van der Waals surface area contributed by atoms with E-state index in [2.05, 4.69) is 33.0 Å². The smallest absolute Gasteiger partial charge is 0.000241 e. The summed E-state index contributed by atoms with van der Waals surface area (Å²) in [5, 5.41) is 3.60. The molecule has 0 aliphatic heterocycles. The molecule has 0 radical (unpaired) electrons. The van der Waals surface area contributed by atoms with E-state index in [1.54, 1.807) is 0 Å². The van der Waals surface area contributed by atoms with Crippen molar-refractivity contribution in [3.63, 3.8) is 0 Å². The van der Waals surface area contributed by atoms with E-state index >= 15 is 0 Å². The van der Waals surface area contributed by atoms with Crippen LogP contribution >= 0.6 is 0 Å². The molecule has 0 fully saturated rings. The molecule has 0 aromatic heterocycles. The molecule has 0 spiro atoms. The van der Waals surface area contributed by atoms with Crippen LogP contribution in [0.3, 0.4) is 0 Å². The van der Waals surface area contributed by atoms with Crippen LogP contribution in [0.2, 0.25) is 0 Å². The van der Waals surface area contributed by atoms with Gasteiger partial charge in [0.05, 0.1) is 0 Å². The second-order valence-electron chi connectivity index (χ2n) is 6.88. The van der Waals surface area contributed by atoms with Crippen molar-refractivity contribution in [1.29, 1.82) is 0 Å². The third-order valence-electron chi connectivity index (χ3n) is 4.27. The summed E-state index contributed by atoms with van der Waals surface area (Å²) in [6.45, 7) is 11.6. The average molecular weight is 270 g/mol. The number of rotatable bonds is 14. The van der Waals surface area contributed by atoms with Gasteiger partial charge in [-0.15, -0.1) is 0 Å². The van der Waals surface area contributed by atoms with E-state index in [-0.39, 0.29) is 0 Å². The molecule has 19 heavy (non-hydrogen) atoms. The van der Waals surface area contributed by atoms with E-state index in [1.807, 2.05) is 0 Å². The number of nitrogens with one attached hydrogen (secondary N) is 1. The first-order valence-electron chi connectivity index (χ1n) is 8.83. The maximum Gasteiger partial charge on any atom is 0.000241 e. The highest BCUT2D eigenvalue weighted by Gasteiger charge is 2.13. The molecule has 1 N–H and O–H groups in total. The summed E-state index contributed by atoms with van der Waals surface area (Å²) in [4.78, 5) is 0. The average Bonchev–Trinajstić information content (AvgIpc) is 2.40. The summed E-state index contributed by atoms with van der Waals surface area (Å²) >= 11 is 0. The summed E-state index contributed by atoms with van der Waals surface area (Å²) in [5.74, 6) is 0. The van der Waals surface area contributed by atoms with E-state index in [9.17, 15) is 0 Å². The van der Waals surface area contributed by atoms with E-state index in [1.165, 1.54) is 83.7 Å². The van der Waals surface area contributed by atoms with Crippen LogP contribution in [0.5, 0.6) is 0 Å². The zero-order valence-electron chi connectivity index (χ0n) is 14.2. The highest BCUT2D eigenvalue weighted by atomic mass is 14.9. The fourth-order valence-electron chi connectivity index (χ4n) is 2.29. The SMILES string of the molecule is CCCCCCCCCCCCNCC(C)(C)CC. The minimum absolute atomic E-state index is 0.471. The van der Waals surface area contributed by atoms with Crippen molar-refractivity contribution in [3.05, 3.63) is 0 Å². The number of hydrogen-bond acceptors (Lipinski definition) is 1. The predicted octanol–water partition coefficient (Wildman–Crippen LogP) is 5.93. The molecule has 0 rings (SSSR count). The first-order chi connectivity index (χ1) is 9.12. The van der Waals surface area contributed by atoms with Gasteiger partial charge in [-0.25, -0.2) is 0 Å². The van der Waals surface area contributed by atoms with Crippen molar-refractivity contribution >= 4 is 0 Å². The van der Waals surface area contributed by atoms with Crippen LogP contribution < -0.4 is 5.32 Å². The van der Waals surface area contributed by atoms with E-state index in [4.69, 9.17) is 0 Å². The van der Waals surface area contributed by atoms with Crippen molar-refractivity contribution in [2.24, 2.45) is 5.41 Å².